The molecule has 0 radical (unpaired) electrons. The Morgan fingerprint density at radius 1 is 1.29 bits per heavy atom. The maximum Gasteiger partial charge on any atom is 0.182 e. The molecule has 0 saturated carbocycles. The number of thioether (sulfide) groups is 1. The molecule has 0 bridgehead atoms. The zero-order chi connectivity index (χ0) is 19.7. The maximum atomic E-state index is 6.06. The van der Waals surface area contributed by atoms with Crippen molar-refractivity contribution < 1.29 is 4.74 Å². The van der Waals surface area contributed by atoms with Crippen molar-refractivity contribution in [3.8, 4) is 0 Å². The van der Waals surface area contributed by atoms with E-state index in [0.29, 0.717) is 16.1 Å². The molecule has 8 heteroatoms. The van der Waals surface area contributed by atoms with Gasteiger partial charge in [0.2, 0.25) is 0 Å². The molecule has 5 nitrogen and oxygen atoms in total. The van der Waals surface area contributed by atoms with Gasteiger partial charge >= 0.3 is 0 Å². The summed E-state index contributed by atoms with van der Waals surface area (Å²) in [4.78, 5) is 4.56. The Morgan fingerprint density at radius 2 is 2.14 bits per heavy atom. The number of ether oxygens (including phenoxy) is 1. The van der Waals surface area contributed by atoms with Crippen LogP contribution in [-0.4, -0.2) is 33.9 Å². The summed E-state index contributed by atoms with van der Waals surface area (Å²) in [6, 6.07) is 7.54. The SMILES string of the molecule is Cc1cc(C2=NNC(=Nc3ccc(Cl)c(Cl)c3)SC2)c(C)n1CC1CCCO1. The Kier molecular flexibility index (Phi) is 6.01. The monoisotopic (exact) mass is 436 g/mol. The van der Waals surface area contributed by atoms with E-state index in [1.165, 1.54) is 17.0 Å². The van der Waals surface area contributed by atoms with E-state index in [-0.39, 0.29) is 0 Å². The Hall–Kier alpha value is -1.47. The highest BCUT2D eigenvalue weighted by Gasteiger charge is 2.22. The Bertz CT molecular complexity index is 948. The number of hydrazone groups is 1. The lowest BCUT2D eigenvalue weighted by atomic mass is 10.1. The van der Waals surface area contributed by atoms with E-state index in [9.17, 15) is 0 Å². The number of nitrogens with zero attached hydrogens (tertiary/aromatic N) is 3. The van der Waals surface area contributed by atoms with Crippen molar-refractivity contribution in [2.24, 2.45) is 10.1 Å². The summed E-state index contributed by atoms with van der Waals surface area (Å²) in [6.07, 6.45) is 2.62. The average molecular weight is 437 g/mol. The molecule has 148 valence electrons. The first-order valence-electron chi connectivity index (χ1n) is 9.29. The lowest BCUT2D eigenvalue weighted by Crippen LogP contribution is -2.25. The van der Waals surface area contributed by atoms with Crippen molar-refractivity contribution in [1.82, 2.24) is 9.99 Å². The third kappa shape index (κ3) is 4.25. The molecule has 1 saturated heterocycles. The van der Waals surface area contributed by atoms with Crippen molar-refractivity contribution in [2.45, 2.75) is 39.3 Å². The van der Waals surface area contributed by atoms with Gasteiger partial charge in [0.05, 0.1) is 27.5 Å². The van der Waals surface area contributed by atoms with Crippen LogP contribution in [0.2, 0.25) is 10.0 Å². The second kappa shape index (κ2) is 8.49. The summed E-state index contributed by atoms with van der Waals surface area (Å²) in [5, 5.41) is 6.34. The van der Waals surface area contributed by atoms with E-state index in [2.05, 4.69) is 40.0 Å². The van der Waals surface area contributed by atoms with Gasteiger partial charge in [0.1, 0.15) is 0 Å². The molecule has 0 amide bonds. The smallest absolute Gasteiger partial charge is 0.182 e. The lowest BCUT2D eigenvalue weighted by Gasteiger charge is -2.17. The third-order valence-electron chi connectivity index (χ3n) is 5.06. The Morgan fingerprint density at radius 3 is 2.82 bits per heavy atom. The molecule has 3 heterocycles. The number of rotatable bonds is 4. The van der Waals surface area contributed by atoms with E-state index in [4.69, 9.17) is 27.9 Å². The van der Waals surface area contributed by atoms with Crippen LogP contribution in [0.15, 0.2) is 34.4 Å². The van der Waals surface area contributed by atoms with Crippen LogP contribution in [-0.2, 0) is 11.3 Å². The van der Waals surface area contributed by atoms with Gasteiger partial charge in [0, 0.05) is 35.9 Å². The van der Waals surface area contributed by atoms with E-state index >= 15 is 0 Å². The number of nitrogens with one attached hydrogen (secondary N) is 1. The van der Waals surface area contributed by atoms with Crippen LogP contribution in [0.25, 0.3) is 0 Å². The molecule has 1 unspecified atom stereocenters. The molecule has 0 aliphatic carbocycles. The number of aromatic nitrogens is 1. The van der Waals surface area contributed by atoms with Crippen molar-refractivity contribution in [3.63, 3.8) is 0 Å². The molecular weight excluding hydrogens is 415 g/mol. The van der Waals surface area contributed by atoms with Gasteiger partial charge in [0.25, 0.3) is 0 Å². The van der Waals surface area contributed by atoms with Crippen molar-refractivity contribution >= 4 is 51.5 Å². The summed E-state index contributed by atoms with van der Waals surface area (Å²) in [6.45, 7) is 6.09. The normalized spacial score (nSPS) is 21.1. The molecule has 1 fully saturated rings. The Labute approximate surface area is 179 Å². The van der Waals surface area contributed by atoms with Gasteiger partial charge in [0.15, 0.2) is 5.17 Å². The molecule has 2 aromatic rings. The third-order valence-corrected chi connectivity index (χ3v) is 6.67. The standard InChI is InChI=1S/C20H22Cl2N4OS/c1-12-8-16(13(2)26(12)10-15-4-3-7-27-15)19-11-28-20(25-24-19)23-14-5-6-17(21)18(22)9-14/h5-6,8-9,15H,3-4,7,10-11H2,1-2H3,(H,23,25). The predicted octanol–water partition coefficient (Wildman–Crippen LogP) is 5.32. The van der Waals surface area contributed by atoms with Gasteiger partial charge in [-0.05, 0) is 51.0 Å². The largest absolute Gasteiger partial charge is 0.376 e. The molecule has 1 aromatic carbocycles. The number of aryl methyl sites for hydroxylation is 1. The van der Waals surface area contributed by atoms with Crippen molar-refractivity contribution in [3.05, 3.63) is 51.3 Å². The summed E-state index contributed by atoms with van der Waals surface area (Å²) in [7, 11) is 0. The van der Waals surface area contributed by atoms with Crippen LogP contribution < -0.4 is 5.43 Å². The predicted molar refractivity (Wildman–Crippen MR) is 119 cm³/mol. The highest BCUT2D eigenvalue weighted by Crippen LogP contribution is 2.28. The van der Waals surface area contributed by atoms with Gasteiger partial charge in [-0.2, -0.15) is 5.10 Å². The Balaban J connectivity index is 1.50. The molecule has 2 aliphatic rings. The molecule has 1 aromatic heterocycles. The quantitative estimate of drug-likeness (QED) is 0.705. The highest BCUT2D eigenvalue weighted by atomic mass is 35.5. The van der Waals surface area contributed by atoms with E-state index in [1.807, 2.05) is 6.07 Å². The molecule has 28 heavy (non-hydrogen) atoms. The molecule has 1 N–H and O–H groups in total. The fourth-order valence-electron chi connectivity index (χ4n) is 3.55. The minimum Gasteiger partial charge on any atom is -0.376 e. The number of amidine groups is 1. The summed E-state index contributed by atoms with van der Waals surface area (Å²) >= 11 is 13.6. The highest BCUT2D eigenvalue weighted by molar-refractivity contribution is 8.14. The van der Waals surface area contributed by atoms with Crippen LogP contribution in [0.5, 0.6) is 0 Å². The minimum atomic E-state index is 0.323. The van der Waals surface area contributed by atoms with Gasteiger partial charge in [-0.3, -0.25) is 5.43 Å². The van der Waals surface area contributed by atoms with Crippen molar-refractivity contribution in [2.75, 3.05) is 12.4 Å². The molecule has 0 spiro atoms. The number of halogens is 2. The van der Waals surface area contributed by atoms with Crippen LogP contribution in [0.1, 0.15) is 29.8 Å². The first-order chi connectivity index (χ1) is 13.5. The zero-order valence-corrected chi connectivity index (χ0v) is 18.2. The van der Waals surface area contributed by atoms with Crippen LogP contribution >= 0.6 is 35.0 Å². The number of benzene rings is 1. The summed E-state index contributed by atoms with van der Waals surface area (Å²) in [5.74, 6) is 0.761. The molecule has 1 atom stereocenters. The topological polar surface area (TPSA) is 50.9 Å². The molecule has 4 rings (SSSR count). The van der Waals surface area contributed by atoms with E-state index in [1.54, 1.807) is 23.9 Å². The second-order valence-electron chi connectivity index (χ2n) is 7.00. The number of hydrogen-bond donors (Lipinski definition) is 1. The minimum absolute atomic E-state index is 0.323. The molecular formula is C20H22Cl2N4OS. The first kappa shape index (κ1) is 19.8. The summed E-state index contributed by atoms with van der Waals surface area (Å²) in [5.41, 5.74) is 8.51. The number of aliphatic imine (C=N–C) groups is 1. The first-order valence-corrected chi connectivity index (χ1v) is 11.0. The van der Waals surface area contributed by atoms with Gasteiger partial charge in [-0.25, -0.2) is 4.99 Å². The van der Waals surface area contributed by atoms with Gasteiger partial charge in [-0.15, -0.1) is 0 Å². The fourth-order valence-corrected chi connectivity index (χ4v) is 4.62. The number of hydrogen-bond acceptors (Lipinski definition) is 4. The van der Waals surface area contributed by atoms with Gasteiger partial charge in [-0.1, -0.05) is 35.0 Å². The second-order valence-corrected chi connectivity index (χ2v) is 8.78. The van der Waals surface area contributed by atoms with Crippen molar-refractivity contribution in [1.29, 1.82) is 0 Å². The maximum absolute atomic E-state index is 6.06. The van der Waals surface area contributed by atoms with E-state index in [0.717, 1.165) is 48.3 Å². The zero-order valence-electron chi connectivity index (χ0n) is 15.8. The van der Waals surface area contributed by atoms with Gasteiger partial charge < -0.3 is 9.30 Å². The average Bonchev–Trinajstić information content (AvgIpc) is 3.29. The summed E-state index contributed by atoms with van der Waals surface area (Å²) < 4.78 is 8.15. The lowest BCUT2D eigenvalue weighted by molar-refractivity contribution is 0.0962. The fraction of sp³-hybridized carbons (Fsp3) is 0.400. The van der Waals surface area contributed by atoms with Crippen LogP contribution in [0.3, 0.4) is 0 Å². The van der Waals surface area contributed by atoms with Crippen LogP contribution in [0, 0.1) is 13.8 Å². The van der Waals surface area contributed by atoms with Crippen LogP contribution in [0.4, 0.5) is 5.69 Å². The molecule has 2 aliphatic heterocycles. The van der Waals surface area contributed by atoms with E-state index < -0.39 is 0 Å².